The largest absolute Gasteiger partial charge is 0.384 e. The van der Waals surface area contributed by atoms with Crippen LogP contribution in [0.3, 0.4) is 0 Å². The van der Waals surface area contributed by atoms with Gasteiger partial charge in [0.2, 0.25) is 0 Å². The Morgan fingerprint density at radius 3 is 2.56 bits per heavy atom. The van der Waals surface area contributed by atoms with Gasteiger partial charge in [-0.1, -0.05) is 19.9 Å². The first-order chi connectivity index (χ1) is 18.6. The molecular formula is C29H26F2N6O2. The van der Waals surface area contributed by atoms with E-state index in [1.54, 1.807) is 30.6 Å². The number of fused-ring (bicyclic) bond motifs is 5. The first-order valence-electron chi connectivity index (χ1n) is 12.7. The molecule has 0 radical (unpaired) electrons. The van der Waals surface area contributed by atoms with E-state index in [1.807, 2.05) is 6.07 Å². The number of nitrogens with one attached hydrogen (secondary N) is 1. The van der Waals surface area contributed by atoms with Crippen molar-refractivity contribution in [2.75, 3.05) is 5.32 Å². The summed E-state index contributed by atoms with van der Waals surface area (Å²) in [6.07, 6.45) is 3.80. The molecule has 4 aromatic rings. The predicted molar refractivity (Wildman–Crippen MR) is 139 cm³/mol. The summed E-state index contributed by atoms with van der Waals surface area (Å²) in [5.74, 6) is -1.01. The van der Waals surface area contributed by atoms with Crippen LogP contribution in [-0.4, -0.2) is 42.3 Å². The monoisotopic (exact) mass is 528 g/mol. The third-order valence-corrected chi connectivity index (χ3v) is 8.35. The smallest absolute Gasteiger partial charge is 0.254 e. The molecule has 0 spiro atoms. The molecule has 2 aliphatic carbocycles. The van der Waals surface area contributed by atoms with Gasteiger partial charge in [-0.2, -0.15) is 5.10 Å². The van der Waals surface area contributed by atoms with Gasteiger partial charge in [0.15, 0.2) is 5.82 Å². The number of halogens is 2. The molecule has 2 aliphatic rings. The lowest BCUT2D eigenvalue weighted by atomic mass is 9.66. The molecular weight excluding hydrogens is 502 g/mol. The fourth-order valence-electron chi connectivity index (χ4n) is 6.32. The molecule has 6 rings (SSSR count). The van der Waals surface area contributed by atoms with Crippen molar-refractivity contribution in [2.45, 2.75) is 51.0 Å². The van der Waals surface area contributed by atoms with Crippen LogP contribution in [0.5, 0.6) is 0 Å². The van der Waals surface area contributed by atoms with Gasteiger partial charge in [-0.25, -0.2) is 23.7 Å². The Balaban J connectivity index is 1.40. The van der Waals surface area contributed by atoms with Crippen molar-refractivity contribution in [3.05, 3.63) is 83.4 Å². The van der Waals surface area contributed by atoms with E-state index in [9.17, 15) is 18.7 Å². The van der Waals surface area contributed by atoms with Crippen LogP contribution in [0, 0.1) is 17.0 Å². The van der Waals surface area contributed by atoms with Crippen molar-refractivity contribution < 1.29 is 18.7 Å². The number of benzene rings is 1. The molecule has 1 amide bonds. The van der Waals surface area contributed by atoms with Crippen LogP contribution in [0.1, 0.15) is 56.5 Å². The number of nitrogens with zero attached hydrogens (tertiary/aromatic N) is 5. The number of aliphatic hydroxyl groups is 1. The summed E-state index contributed by atoms with van der Waals surface area (Å²) in [6.45, 7) is 5.74. The molecule has 2 bridgehead atoms. The highest BCUT2D eigenvalue weighted by Gasteiger charge is 2.65. The minimum absolute atomic E-state index is 0.119. The Labute approximate surface area is 223 Å². The van der Waals surface area contributed by atoms with Gasteiger partial charge >= 0.3 is 0 Å². The van der Waals surface area contributed by atoms with Crippen LogP contribution in [0.4, 0.5) is 14.6 Å². The lowest BCUT2D eigenvalue weighted by Crippen LogP contribution is -2.38. The fourth-order valence-corrected chi connectivity index (χ4v) is 6.32. The van der Waals surface area contributed by atoms with Crippen LogP contribution < -0.4 is 5.32 Å². The Bertz CT molecular complexity index is 1590. The Hall–Kier alpha value is -4.18. The second-order valence-corrected chi connectivity index (χ2v) is 10.7. The zero-order valence-corrected chi connectivity index (χ0v) is 21.6. The summed E-state index contributed by atoms with van der Waals surface area (Å²) in [5.41, 5.74) is 2.35. The molecule has 1 fully saturated rings. The quantitative estimate of drug-likeness (QED) is 0.383. The molecule has 1 saturated carbocycles. The molecule has 198 valence electrons. The van der Waals surface area contributed by atoms with Gasteiger partial charge in [0.05, 0.1) is 28.1 Å². The lowest BCUT2D eigenvalue weighted by molar-refractivity contribution is -0.123. The van der Waals surface area contributed by atoms with E-state index in [1.165, 1.54) is 25.1 Å². The second-order valence-electron chi connectivity index (χ2n) is 10.7. The van der Waals surface area contributed by atoms with E-state index in [4.69, 9.17) is 4.98 Å². The van der Waals surface area contributed by atoms with E-state index in [2.05, 4.69) is 39.3 Å². The molecule has 0 aliphatic heterocycles. The molecule has 0 saturated heterocycles. The molecule has 1 aromatic carbocycles. The number of hydrogen-bond acceptors (Lipinski definition) is 7. The van der Waals surface area contributed by atoms with Gasteiger partial charge in [0.1, 0.15) is 23.6 Å². The summed E-state index contributed by atoms with van der Waals surface area (Å²) >= 11 is 0. The lowest BCUT2D eigenvalue weighted by Gasteiger charge is -2.37. The predicted octanol–water partition coefficient (Wildman–Crippen LogP) is 4.80. The Kier molecular flexibility index (Phi) is 5.76. The zero-order valence-electron chi connectivity index (χ0n) is 21.6. The van der Waals surface area contributed by atoms with E-state index in [0.717, 1.165) is 29.8 Å². The van der Waals surface area contributed by atoms with Gasteiger partial charge in [0, 0.05) is 18.0 Å². The minimum Gasteiger partial charge on any atom is -0.384 e. The van der Waals surface area contributed by atoms with Crippen molar-refractivity contribution >= 4 is 11.7 Å². The number of aliphatic hydroxyl groups excluding tert-OH is 1. The average molecular weight is 529 g/mol. The average Bonchev–Trinajstić information content (AvgIpc) is 3.30. The van der Waals surface area contributed by atoms with E-state index in [0.29, 0.717) is 17.2 Å². The number of amides is 1. The molecule has 3 heterocycles. The first-order valence-corrected chi connectivity index (χ1v) is 12.7. The van der Waals surface area contributed by atoms with Crippen molar-refractivity contribution in [1.82, 2.24) is 25.1 Å². The number of anilines is 1. The SMILES string of the molecule is C[C@@H](O)C(=O)Nc1ccc(-c2nccc([C@@]34CC[C@@H](c5cc(-c6c(F)cccc6F)nnc53)C4(C)C)n2)cn1. The van der Waals surface area contributed by atoms with Crippen LogP contribution in [0.2, 0.25) is 0 Å². The van der Waals surface area contributed by atoms with Crippen molar-refractivity contribution in [2.24, 2.45) is 5.41 Å². The van der Waals surface area contributed by atoms with Gasteiger partial charge < -0.3 is 10.4 Å². The van der Waals surface area contributed by atoms with Crippen LogP contribution in [-0.2, 0) is 10.2 Å². The van der Waals surface area contributed by atoms with E-state index in [-0.39, 0.29) is 22.6 Å². The maximum Gasteiger partial charge on any atom is 0.254 e. The highest BCUT2D eigenvalue weighted by Crippen LogP contribution is 2.69. The Morgan fingerprint density at radius 2 is 1.87 bits per heavy atom. The highest BCUT2D eigenvalue weighted by atomic mass is 19.1. The summed E-state index contributed by atoms with van der Waals surface area (Å²) in [5, 5.41) is 20.8. The molecule has 2 N–H and O–H groups in total. The number of rotatable bonds is 5. The van der Waals surface area contributed by atoms with Crippen LogP contribution >= 0.6 is 0 Å². The number of hydrogen-bond donors (Lipinski definition) is 2. The first kappa shape index (κ1) is 25.1. The fraction of sp³-hybridized carbons (Fsp3) is 0.310. The molecule has 8 nitrogen and oxygen atoms in total. The Morgan fingerprint density at radius 1 is 1.10 bits per heavy atom. The number of carbonyl (C=O) groups is 1. The number of aromatic nitrogens is 5. The van der Waals surface area contributed by atoms with Gasteiger partial charge in [-0.15, -0.1) is 5.10 Å². The maximum absolute atomic E-state index is 14.5. The van der Waals surface area contributed by atoms with Crippen molar-refractivity contribution in [3.8, 4) is 22.6 Å². The molecule has 39 heavy (non-hydrogen) atoms. The van der Waals surface area contributed by atoms with Crippen molar-refractivity contribution in [3.63, 3.8) is 0 Å². The second kappa shape index (κ2) is 8.94. The van der Waals surface area contributed by atoms with Crippen LogP contribution in [0.15, 0.2) is 54.9 Å². The molecule has 10 heteroatoms. The van der Waals surface area contributed by atoms with Gasteiger partial charge in [0.25, 0.3) is 5.91 Å². The molecule has 0 unspecified atom stereocenters. The standard InChI is InChI=1S/C29H26F2N6O2/c1-15(38)27(39)35-23-8-7-16(14-33-23)26-32-12-10-22(34-26)29-11-9-18(28(29,2)3)17-13-21(36-37-25(17)29)24-19(30)5-4-6-20(24)31/h4-8,10,12-15,18,38H,9,11H2,1-3H3,(H,33,35,39)/t15-,18+,29+/m1/s1. The van der Waals surface area contributed by atoms with Gasteiger partial charge in [-0.05, 0) is 73.1 Å². The van der Waals surface area contributed by atoms with Crippen molar-refractivity contribution in [1.29, 1.82) is 0 Å². The maximum atomic E-state index is 14.5. The summed E-state index contributed by atoms with van der Waals surface area (Å²) in [7, 11) is 0. The summed E-state index contributed by atoms with van der Waals surface area (Å²) < 4.78 is 29.1. The van der Waals surface area contributed by atoms with E-state index >= 15 is 0 Å². The third kappa shape index (κ3) is 3.73. The van der Waals surface area contributed by atoms with Gasteiger partial charge in [-0.3, -0.25) is 4.79 Å². The highest BCUT2D eigenvalue weighted by molar-refractivity contribution is 5.92. The zero-order chi connectivity index (χ0) is 27.5. The topological polar surface area (TPSA) is 114 Å². The molecule has 3 atom stereocenters. The number of pyridine rings is 1. The normalized spacial score (nSPS) is 21.4. The number of carbonyl (C=O) groups excluding carboxylic acids is 1. The third-order valence-electron chi connectivity index (χ3n) is 8.35. The summed E-state index contributed by atoms with van der Waals surface area (Å²) in [4.78, 5) is 25.4. The summed E-state index contributed by atoms with van der Waals surface area (Å²) in [6, 6.07) is 10.8. The molecule has 3 aromatic heterocycles. The van der Waals surface area contributed by atoms with E-state index < -0.39 is 29.1 Å². The van der Waals surface area contributed by atoms with Crippen LogP contribution in [0.25, 0.3) is 22.6 Å². The minimum atomic E-state index is -1.15.